The van der Waals surface area contributed by atoms with E-state index >= 15 is 0 Å². The number of nitrogens with one attached hydrogen (secondary N) is 1. The van der Waals surface area contributed by atoms with Gasteiger partial charge in [0.1, 0.15) is 5.82 Å². The Morgan fingerprint density at radius 1 is 1.12 bits per heavy atom. The molecule has 128 valence electrons. The number of rotatable bonds is 6. The zero-order chi connectivity index (χ0) is 16.8. The van der Waals surface area contributed by atoms with E-state index in [0.29, 0.717) is 11.9 Å². The molecule has 5 nitrogen and oxygen atoms in total. The van der Waals surface area contributed by atoms with Crippen molar-refractivity contribution in [2.24, 2.45) is 5.92 Å². The molecule has 3 rings (SSSR count). The van der Waals surface area contributed by atoms with Crippen molar-refractivity contribution in [2.75, 3.05) is 43.1 Å². The molecule has 0 bridgehead atoms. The number of nitrogens with zero attached hydrogens (tertiary/aromatic N) is 3. The Morgan fingerprint density at radius 2 is 1.88 bits per heavy atom. The van der Waals surface area contributed by atoms with Gasteiger partial charge in [-0.05, 0) is 12.3 Å². The van der Waals surface area contributed by atoms with E-state index in [0.717, 1.165) is 56.3 Å². The first kappa shape index (κ1) is 16.7. The number of hydrogen-bond donors (Lipinski definition) is 1. The summed E-state index contributed by atoms with van der Waals surface area (Å²) in [5.41, 5.74) is 2.07. The van der Waals surface area contributed by atoms with Crippen molar-refractivity contribution < 1.29 is 4.74 Å². The predicted octanol–water partition coefficient (Wildman–Crippen LogP) is 3.44. The lowest BCUT2D eigenvalue weighted by Gasteiger charge is -2.28. The van der Waals surface area contributed by atoms with E-state index in [4.69, 9.17) is 14.7 Å². The molecule has 5 heteroatoms. The minimum atomic E-state index is 0.661. The molecule has 1 aliphatic heterocycles. The van der Waals surface area contributed by atoms with Crippen molar-refractivity contribution in [3.8, 4) is 11.3 Å². The van der Waals surface area contributed by atoms with Crippen LogP contribution in [0.5, 0.6) is 0 Å². The number of hydrogen-bond acceptors (Lipinski definition) is 5. The second-order valence-corrected chi connectivity index (χ2v) is 6.51. The van der Waals surface area contributed by atoms with Gasteiger partial charge < -0.3 is 15.0 Å². The monoisotopic (exact) mass is 326 g/mol. The van der Waals surface area contributed by atoms with Gasteiger partial charge in [-0.3, -0.25) is 0 Å². The Bertz CT molecular complexity index is 639. The van der Waals surface area contributed by atoms with E-state index in [9.17, 15) is 0 Å². The van der Waals surface area contributed by atoms with E-state index in [1.807, 2.05) is 18.2 Å². The molecule has 1 aliphatic rings. The largest absolute Gasteiger partial charge is 0.378 e. The van der Waals surface area contributed by atoms with Crippen LogP contribution >= 0.6 is 0 Å². The second-order valence-electron chi connectivity index (χ2n) is 6.51. The lowest BCUT2D eigenvalue weighted by Crippen LogP contribution is -2.37. The first-order chi connectivity index (χ1) is 11.7. The molecule has 1 fully saturated rings. The molecule has 2 aromatic rings. The molecule has 1 aromatic heterocycles. The maximum atomic E-state index is 5.46. The molecule has 1 N–H and O–H groups in total. The molecule has 1 aromatic carbocycles. The highest BCUT2D eigenvalue weighted by atomic mass is 16.5. The van der Waals surface area contributed by atoms with Gasteiger partial charge in [0.05, 0.1) is 18.9 Å². The first-order valence-electron chi connectivity index (χ1n) is 8.73. The summed E-state index contributed by atoms with van der Waals surface area (Å²) in [5, 5.41) is 3.39. The first-order valence-corrected chi connectivity index (χ1v) is 8.73. The molecule has 0 spiro atoms. The highest BCUT2D eigenvalue weighted by Crippen LogP contribution is 2.24. The maximum Gasteiger partial charge on any atom is 0.225 e. The smallest absolute Gasteiger partial charge is 0.225 e. The average Bonchev–Trinajstić information content (AvgIpc) is 2.63. The van der Waals surface area contributed by atoms with Gasteiger partial charge in [0.15, 0.2) is 0 Å². The van der Waals surface area contributed by atoms with Gasteiger partial charge in [-0.2, -0.15) is 4.98 Å². The van der Waals surface area contributed by atoms with Crippen LogP contribution in [0, 0.1) is 5.92 Å². The van der Waals surface area contributed by atoms with E-state index in [2.05, 4.69) is 42.3 Å². The third-order valence-corrected chi connectivity index (χ3v) is 4.12. The Labute approximate surface area is 144 Å². The Kier molecular flexibility index (Phi) is 5.64. The summed E-state index contributed by atoms with van der Waals surface area (Å²) in [4.78, 5) is 11.7. The van der Waals surface area contributed by atoms with Crippen LogP contribution in [0.2, 0.25) is 0 Å². The summed E-state index contributed by atoms with van der Waals surface area (Å²) < 4.78 is 5.46. The van der Waals surface area contributed by atoms with E-state index in [1.54, 1.807) is 0 Å². The molecular weight excluding hydrogens is 300 g/mol. The molecule has 24 heavy (non-hydrogen) atoms. The van der Waals surface area contributed by atoms with Gasteiger partial charge in [-0.25, -0.2) is 4.98 Å². The zero-order valence-corrected chi connectivity index (χ0v) is 14.5. The minimum Gasteiger partial charge on any atom is -0.378 e. The molecule has 0 radical (unpaired) electrons. The van der Waals surface area contributed by atoms with Crippen LogP contribution in [-0.2, 0) is 4.74 Å². The molecule has 1 saturated heterocycles. The van der Waals surface area contributed by atoms with Crippen LogP contribution in [0.25, 0.3) is 11.3 Å². The summed E-state index contributed by atoms with van der Waals surface area (Å²) in [5.74, 6) is 2.34. The Hall–Kier alpha value is -2.14. The zero-order valence-electron chi connectivity index (χ0n) is 14.5. The fourth-order valence-corrected chi connectivity index (χ4v) is 2.70. The van der Waals surface area contributed by atoms with Gasteiger partial charge in [-0.15, -0.1) is 0 Å². The summed E-state index contributed by atoms with van der Waals surface area (Å²) in [6.45, 7) is 8.58. The van der Waals surface area contributed by atoms with Gasteiger partial charge in [0.2, 0.25) is 5.95 Å². The number of anilines is 2. The minimum absolute atomic E-state index is 0.661. The lowest BCUT2D eigenvalue weighted by atomic mass is 10.1. The van der Waals surface area contributed by atoms with Crippen molar-refractivity contribution in [1.82, 2.24) is 9.97 Å². The molecule has 0 aliphatic carbocycles. The van der Waals surface area contributed by atoms with Gasteiger partial charge in [0.25, 0.3) is 0 Å². The van der Waals surface area contributed by atoms with Crippen LogP contribution in [0.1, 0.15) is 20.3 Å². The van der Waals surface area contributed by atoms with E-state index in [1.165, 1.54) is 0 Å². The van der Waals surface area contributed by atoms with Crippen LogP contribution in [0.15, 0.2) is 36.4 Å². The van der Waals surface area contributed by atoms with E-state index < -0.39 is 0 Å². The molecular formula is C19H26N4O. The highest BCUT2D eigenvalue weighted by molar-refractivity contribution is 5.64. The predicted molar refractivity (Wildman–Crippen MR) is 98.4 cm³/mol. The van der Waals surface area contributed by atoms with Crippen molar-refractivity contribution in [3.05, 3.63) is 36.4 Å². The summed E-state index contributed by atoms with van der Waals surface area (Å²) in [7, 11) is 0. The average molecular weight is 326 g/mol. The third-order valence-electron chi connectivity index (χ3n) is 4.12. The fraction of sp³-hybridized carbons (Fsp3) is 0.474. The van der Waals surface area contributed by atoms with Crippen molar-refractivity contribution in [2.45, 2.75) is 20.3 Å². The SMILES string of the molecule is CC(C)CCNc1nc(-c2ccccc2)cc(N2CCOCC2)n1. The number of benzene rings is 1. The van der Waals surface area contributed by atoms with Gasteiger partial charge in [-0.1, -0.05) is 44.2 Å². The quantitative estimate of drug-likeness (QED) is 0.881. The third kappa shape index (κ3) is 4.45. The normalized spacial score (nSPS) is 14.9. The standard InChI is InChI=1S/C19H26N4O/c1-15(2)8-9-20-19-21-17(16-6-4-3-5-7-16)14-18(22-19)23-10-12-24-13-11-23/h3-7,14-15H,8-13H2,1-2H3,(H,20,21,22). The lowest BCUT2D eigenvalue weighted by molar-refractivity contribution is 0.122. The Morgan fingerprint density at radius 3 is 2.58 bits per heavy atom. The van der Waals surface area contributed by atoms with E-state index in [-0.39, 0.29) is 0 Å². The Balaban J connectivity index is 1.86. The maximum absolute atomic E-state index is 5.46. The van der Waals surface area contributed by atoms with Crippen LogP contribution < -0.4 is 10.2 Å². The second kappa shape index (κ2) is 8.11. The molecule has 0 unspecified atom stereocenters. The summed E-state index contributed by atoms with van der Waals surface area (Å²) >= 11 is 0. The number of morpholine rings is 1. The van der Waals surface area contributed by atoms with Crippen LogP contribution in [0.4, 0.5) is 11.8 Å². The number of ether oxygens (including phenoxy) is 1. The molecule has 0 saturated carbocycles. The fourth-order valence-electron chi connectivity index (χ4n) is 2.70. The molecule has 2 heterocycles. The van der Waals surface area contributed by atoms with Gasteiger partial charge >= 0.3 is 0 Å². The highest BCUT2D eigenvalue weighted by Gasteiger charge is 2.15. The van der Waals surface area contributed by atoms with Crippen LogP contribution in [0.3, 0.4) is 0 Å². The topological polar surface area (TPSA) is 50.3 Å². The summed E-state index contributed by atoms with van der Waals surface area (Å²) in [6.07, 6.45) is 1.10. The van der Waals surface area contributed by atoms with Crippen molar-refractivity contribution >= 4 is 11.8 Å². The van der Waals surface area contributed by atoms with Crippen molar-refractivity contribution in [3.63, 3.8) is 0 Å². The summed E-state index contributed by atoms with van der Waals surface area (Å²) in [6, 6.07) is 12.4. The van der Waals surface area contributed by atoms with Gasteiger partial charge in [0, 0.05) is 31.3 Å². The van der Waals surface area contributed by atoms with Crippen molar-refractivity contribution in [1.29, 1.82) is 0 Å². The molecule has 0 amide bonds. The number of aromatic nitrogens is 2. The van der Waals surface area contributed by atoms with Crippen LogP contribution in [-0.4, -0.2) is 42.8 Å². The molecule has 0 atom stereocenters.